The van der Waals surface area contributed by atoms with Crippen molar-refractivity contribution in [2.75, 3.05) is 13.6 Å². The van der Waals surface area contributed by atoms with Crippen LogP contribution >= 0.6 is 11.3 Å². The minimum Gasteiger partial charge on any atom is -0.357 e. The molecule has 1 aromatic carbocycles. The zero-order valence-electron chi connectivity index (χ0n) is 16.1. The van der Waals surface area contributed by atoms with Crippen molar-refractivity contribution < 1.29 is 0 Å². The molecule has 142 valence electrons. The maximum atomic E-state index is 4.74. The third kappa shape index (κ3) is 5.17. The molecule has 0 fully saturated rings. The first-order valence-corrected chi connectivity index (χ1v) is 10.1. The number of thiazole rings is 1. The van der Waals surface area contributed by atoms with Crippen molar-refractivity contribution in [1.29, 1.82) is 0 Å². The summed E-state index contributed by atoms with van der Waals surface area (Å²) in [7, 11) is 2.04. The fourth-order valence-electron chi connectivity index (χ4n) is 2.72. The predicted molar refractivity (Wildman–Crippen MR) is 111 cm³/mol. The number of benzene rings is 1. The summed E-state index contributed by atoms with van der Waals surface area (Å²) < 4.78 is 1.90. The van der Waals surface area contributed by atoms with Crippen molar-refractivity contribution in [2.45, 2.75) is 33.4 Å². The topological polar surface area (TPSA) is 58.3 Å². The Labute approximate surface area is 164 Å². The quantitative estimate of drug-likeness (QED) is 0.502. The lowest BCUT2D eigenvalue weighted by Crippen LogP contribution is -2.38. The molecule has 0 saturated carbocycles. The first-order valence-electron chi connectivity index (χ1n) is 9.21. The third-order valence-electron chi connectivity index (χ3n) is 4.07. The average molecular weight is 383 g/mol. The van der Waals surface area contributed by atoms with E-state index < -0.39 is 0 Å². The minimum absolute atomic E-state index is 0.590. The Morgan fingerprint density at radius 3 is 2.78 bits per heavy atom. The summed E-state index contributed by atoms with van der Waals surface area (Å²) in [6, 6.07) is 10.1. The van der Waals surface area contributed by atoms with E-state index in [9.17, 15) is 0 Å². The van der Waals surface area contributed by atoms with Gasteiger partial charge in [0.25, 0.3) is 0 Å². The normalized spacial score (nSPS) is 11.6. The highest BCUT2D eigenvalue weighted by Crippen LogP contribution is 2.12. The fraction of sp³-hybridized carbons (Fsp3) is 0.350. The third-order valence-corrected chi connectivity index (χ3v) is 5.11. The summed E-state index contributed by atoms with van der Waals surface area (Å²) in [5.41, 5.74) is 3.22. The van der Waals surface area contributed by atoms with Gasteiger partial charge < -0.3 is 10.2 Å². The summed E-state index contributed by atoms with van der Waals surface area (Å²) in [5.74, 6) is 0.871. The summed E-state index contributed by atoms with van der Waals surface area (Å²) in [6.07, 6.45) is 4.93. The van der Waals surface area contributed by atoms with E-state index in [0.717, 1.165) is 47.4 Å². The molecular formula is C20H26N6S. The zero-order chi connectivity index (χ0) is 19.1. The van der Waals surface area contributed by atoms with Crippen LogP contribution < -0.4 is 5.32 Å². The Kier molecular flexibility index (Phi) is 6.59. The number of nitrogens with one attached hydrogen (secondary N) is 1. The fourth-order valence-corrected chi connectivity index (χ4v) is 3.46. The molecule has 0 saturated heterocycles. The Morgan fingerprint density at radius 1 is 1.26 bits per heavy atom. The van der Waals surface area contributed by atoms with E-state index in [1.165, 1.54) is 0 Å². The predicted octanol–water partition coefficient (Wildman–Crippen LogP) is 3.49. The number of hydrogen-bond acceptors (Lipinski definition) is 4. The standard InChI is InChI=1S/C20H26N6S/c1-4-19-24-17(15-27-19)12-22-20(21-5-2)25(3)13-16-11-23-26(14-16)18-9-7-6-8-10-18/h6-11,14-15H,4-5,12-13H2,1-3H3,(H,21,22). The van der Waals surface area contributed by atoms with E-state index in [1.54, 1.807) is 11.3 Å². The lowest BCUT2D eigenvalue weighted by molar-refractivity contribution is 0.476. The first-order chi connectivity index (χ1) is 13.2. The number of hydrogen-bond donors (Lipinski definition) is 1. The largest absolute Gasteiger partial charge is 0.357 e. The highest BCUT2D eigenvalue weighted by atomic mass is 32.1. The number of nitrogens with zero attached hydrogens (tertiary/aromatic N) is 5. The molecule has 3 rings (SSSR count). The Balaban J connectivity index is 1.67. The summed E-state index contributed by atoms with van der Waals surface area (Å²) >= 11 is 1.70. The lowest BCUT2D eigenvalue weighted by Gasteiger charge is -2.21. The van der Waals surface area contributed by atoms with Crippen LogP contribution in [0.15, 0.2) is 53.1 Å². The van der Waals surface area contributed by atoms with E-state index in [1.807, 2.05) is 48.3 Å². The van der Waals surface area contributed by atoms with Gasteiger partial charge in [-0.05, 0) is 25.5 Å². The molecule has 0 aliphatic rings. The van der Waals surface area contributed by atoms with Crippen LogP contribution in [0.4, 0.5) is 0 Å². The van der Waals surface area contributed by atoms with E-state index >= 15 is 0 Å². The number of rotatable bonds is 7. The van der Waals surface area contributed by atoms with Crippen molar-refractivity contribution in [1.82, 2.24) is 25.0 Å². The van der Waals surface area contributed by atoms with Gasteiger partial charge in [0.1, 0.15) is 0 Å². The van der Waals surface area contributed by atoms with Crippen molar-refractivity contribution in [3.8, 4) is 5.69 Å². The van der Waals surface area contributed by atoms with Gasteiger partial charge in [0.2, 0.25) is 0 Å². The van der Waals surface area contributed by atoms with Crippen LogP contribution in [0.2, 0.25) is 0 Å². The molecule has 0 spiro atoms. The molecule has 27 heavy (non-hydrogen) atoms. The number of aromatic nitrogens is 3. The maximum Gasteiger partial charge on any atom is 0.194 e. The molecule has 0 atom stereocenters. The molecule has 7 heteroatoms. The van der Waals surface area contributed by atoms with Crippen LogP contribution in [-0.4, -0.2) is 39.2 Å². The van der Waals surface area contributed by atoms with E-state index in [-0.39, 0.29) is 0 Å². The first kappa shape index (κ1) is 19.1. The van der Waals surface area contributed by atoms with Gasteiger partial charge >= 0.3 is 0 Å². The van der Waals surface area contributed by atoms with Crippen molar-refractivity contribution in [3.63, 3.8) is 0 Å². The molecule has 0 unspecified atom stereocenters. The summed E-state index contributed by atoms with van der Waals surface area (Å²) in [4.78, 5) is 11.4. The molecule has 2 heterocycles. The highest BCUT2D eigenvalue weighted by Gasteiger charge is 2.09. The molecule has 0 radical (unpaired) electrons. The summed E-state index contributed by atoms with van der Waals surface area (Å²) in [6.45, 7) is 6.35. The number of guanidine groups is 1. The maximum absolute atomic E-state index is 4.74. The molecule has 1 N–H and O–H groups in total. The molecule has 6 nitrogen and oxygen atoms in total. The highest BCUT2D eigenvalue weighted by molar-refractivity contribution is 7.09. The van der Waals surface area contributed by atoms with Gasteiger partial charge in [-0.2, -0.15) is 5.10 Å². The van der Waals surface area contributed by atoms with Crippen molar-refractivity contribution >= 4 is 17.3 Å². The van der Waals surface area contributed by atoms with Crippen LogP contribution in [0.5, 0.6) is 0 Å². The van der Waals surface area contributed by atoms with E-state index in [0.29, 0.717) is 6.54 Å². The summed E-state index contributed by atoms with van der Waals surface area (Å²) in [5, 5.41) is 11.1. The van der Waals surface area contributed by atoms with Crippen LogP contribution in [0.1, 0.15) is 30.1 Å². The Hall–Kier alpha value is -2.67. The molecule has 0 aliphatic carbocycles. The van der Waals surface area contributed by atoms with Crippen molar-refractivity contribution in [2.24, 2.45) is 4.99 Å². The number of para-hydroxylation sites is 1. The second-order valence-corrected chi connectivity index (χ2v) is 7.18. The van der Waals surface area contributed by atoms with E-state index in [4.69, 9.17) is 4.99 Å². The van der Waals surface area contributed by atoms with Gasteiger partial charge in [-0.3, -0.25) is 0 Å². The molecule has 0 bridgehead atoms. The smallest absolute Gasteiger partial charge is 0.194 e. The minimum atomic E-state index is 0.590. The molecular weight excluding hydrogens is 356 g/mol. The molecule has 0 aliphatic heterocycles. The van der Waals surface area contributed by atoms with Gasteiger partial charge in [-0.1, -0.05) is 25.1 Å². The number of aliphatic imine (C=N–C) groups is 1. The lowest BCUT2D eigenvalue weighted by atomic mass is 10.3. The van der Waals surface area contributed by atoms with Crippen LogP contribution in [0, 0.1) is 0 Å². The van der Waals surface area contributed by atoms with E-state index in [2.05, 4.69) is 45.7 Å². The number of aryl methyl sites for hydroxylation is 1. The Morgan fingerprint density at radius 2 is 2.07 bits per heavy atom. The van der Waals surface area contributed by atoms with Crippen LogP contribution in [-0.2, 0) is 19.5 Å². The molecule has 2 aromatic heterocycles. The average Bonchev–Trinajstić information content (AvgIpc) is 3.35. The van der Waals surface area contributed by atoms with Gasteiger partial charge in [-0.15, -0.1) is 11.3 Å². The molecule has 3 aromatic rings. The SMILES string of the molecule is CCNC(=NCc1csc(CC)n1)N(C)Cc1cnn(-c2ccccc2)c1. The van der Waals surface area contributed by atoms with Gasteiger partial charge in [0.15, 0.2) is 5.96 Å². The molecule has 0 amide bonds. The van der Waals surface area contributed by atoms with Crippen molar-refractivity contribution in [3.05, 3.63) is 64.4 Å². The second kappa shape index (κ2) is 9.32. The van der Waals surface area contributed by atoms with Gasteiger partial charge in [0, 0.05) is 37.3 Å². The van der Waals surface area contributed by atoms with Crippen LogP contribution in [0.3, 0.4) is 0 Å². The van der Waals surface area contributed by atoms with Gasteiger partial charge in [-0.25, -0.2) is 14.7 Å². The van der Waals surface area contributed by atoms with Gasteiger partial charge in [0.05, 0.1) is 29.1 Å². The second-order valence-electron chi connectivity index (χ2n) is 6.24. The van der Waals surface area contributed by atoms with Crippen LogP contribution in [0.25, 0.3) is 5.69 Å². The zero-order valence-corrected chi connectivity index (χ0v) is 16.9. The monoisotopic (exact) mass is 382 g/mol. The Bertz CT molecular complexity index is 867.